The van der Waals surface area contributed by atoms with Gasteiger partial charge in [0.2, 0.25) is 17.7 Å². The Hall–Kier alpha value is -3.68. The van der Waals surface area contributed by atoms with E-state index in [4.69, 9.17) is 0 Å². The lowest BCUT2D eigenvalue weighted by atomic mass is 9.95. The molecule has 3 amide bonds. The van der Waals surface area contributed by atoms with Crippen molar-refractivity contribution < 1.29 is 14.4 Å². The number of rotatable bonds is 7. The van der Waals surface area contributed by atoms with E-state index in [9.17, 15) is 14.4 Å². The smallest absolute Gasteiger partial charge is 0.245 e. The number of aromatic nitrogens is 2. The van der Waals surface area contributed by atoms with E-state index in [0.717, 1.165) is 28.5 Å². The summed E-state index contributed by atoms with van der Waals surface area (Å²) in [6, 6.07) is 10.9. The van der Waals surface area contributed by atoms with Crippen LogP contribution in [-0.4, -0.2) is 51.7 Å². The lowest BCUT2D eigenvalue weighted by Crippen LogP contribution is -2.53. The summed E-state index contributed by atoms with van der Waals surface area (Å²) in [5.41, 5.74) is 2.85. The highest BCUT2D eigenvalue weighted by atomic mass is 16.2. The number of para-hydroxylation sites is 1. The Morgan fingerprint density at radius 1 is 1.17 bits per heavy atom. The molecule has 8 heteroatoms. The molecule has 0 radical (unpaired) electrons. The van der Waals surface area contributed by atoms with Crippen LogP contribution in [0.25, 0.3) is 10.9 Å². The van der Waals surface area contributed by atoms with Crippen LogP contribution in [0.1, 0.15) is 37.8 Å². The van der Waals surface area contributed by atoms with Gasteiger partial charge in [0.25, 0.3) is 0 Å². The van der Waals surface area contributed by atoms with Crippen LogP contribution in [0.3, 0.4) is 0 Å². The number of nitrogens with one attached hydrogen (secondary N) is 3. The van der Waals surface area contributed by atoms with Gasteiger partial charge in [-0.15, -0.1) is 0 Å². The highest BCUT2D eigenvalue weighted by Gasteiger charge is 2.33. The van der Waals surface area contributed by atoms with E-state index < -0.39 is 6.04 Å². The van der Waals surface area contributed by atoms with Crippen molar-refractivity contribution in [2.75, 3.05) is 18.4 Å². The third-order valence-corrected chi connectivity index (χ3v) is 6.59. The first-order chi connectivity index (χ1) is 16.8. The van der Waals surface area contributed by atoms with E-state index >= 15 is 0 Å². The number of likely N-dealkylation sites (tertiary alicyclic amines) is 1. The van der Waals surface area contributed by atoms with Gasteiger partial charge in [0.05, 0.1) is 5.92 Å². The number of fused-ring (bicyclic) bond motifs is 1. The summed E-state index contributed by atoms with van der Waals surface area (Å²) >= 11 is 0. The Balaban J connectivity index is 1.50. The van der Waals surface area contributed by atoms with Crippen molar-refractivity contribution in [1.82, 2.24) is 20.2 Å². The summed E-state index contributed by atoms with van der Waals surface area (Å²) in [7, 11) is 0. The fourth-order valence-corrected chi connectivity index (χ4v) is 4.51. The second kappa shape index (κ2) is 10.7. The van der Waals surface area contributed by atoms with Crippen molar-refractivity contribution >= 4 is 34.4 Å². The SMILES string of the molecule is Cc1cccnc1NC(=O)C1CCCN(C(=O)C(Cc2c[nH]c3ccccc23)NC(=O)C(C)C)C1. The maximum Gasteiger partial charge on any atom is 0.245 e. The summed E-state index contributed by atoms with van der Waals surface area (Å²) < 4.78 is 0. The predicted octanol–water partition coefficient (Wildman–Crippen LogP) is 3.43. The van der Waals surface area contributed by atoms with Gasteiger partial charge in [-0.3, -0.25) is 14.4 Å². The van der Waals surface area contributed by atoms with Crippen LogP contribution in [0.15, 0.2) is 48.8 Å². The molecule has 0 bridgehead atoms. The van der Waals surface area contributed by atoms with Crippen LogP contribution in [0.4, 0.5) is 5.82 Å². The van der Waals surface area contributed by atoms with Gasteiger partial charge in [0, 0.05) is 48.7 Å². The van der Waals surface area contributed by atoms with E-state index in [1.54, 1.807) is 11.1 Å². The van der Waals surface area contributed by atoms with Gasteiger partial charge in [-0.25, -0.2) is 4.98 Å². The number of amides is 3. The minimum atomic E-state index is -0.705. The molecular formula is C27H33N5O3. The zero-order chi connectivity index (χ0) is 24.9. The van der Waals surface area contributed by atoms with Crippen LogP contribution in [0.5, 0.6) is 0 Å². The fraction of sp³-hybridized carbons (Fsp3) is 0.407. The molecule has 1 aliphatic rings. The van der Waals surface area contributed by atoms with Crippen molar-refractivity contribution in [2.45, 2.75) is 46.1 Å². The molecule has 2 unspecified atom stereocenters. The molecule has 0 spiro atoms. The van der Waals surface area contributed by atoms with Crippen LogP contribution < -0.4 is 10.6 Å². The summed E-state index contributed by atoms with van der Waals surface area (Å²) in [5.74, 6) is -0.486. The lowest BCUT2D eigenvalue weighted by molar-refractivity contribution is -0.139. The molecule has 8 nitrogen and oxygen atoms in total. The minimum Gasteiger partial charge on any atom is -0.361 e. The average molecular weight is 476 g/mol. The van der Waals surface area contributed by atoms with E-state index in [0.29, 0.717) is 31.7 Å². The number of hydrogen-bond donors (Lipinski definition) is 3. The van der Waals surface area contributed by atoms with Crippen molar-refractivity contribution in [3.05, 3.63) is 59.9 Å². The number of hydrogen-bond acceptors (Lipinski definition) is 4. The minimum absolute atomic E-state index is 0.135. The van der Waals surface area contributed by atoms with Crippen LogP contribution in [-0.2, 0) is 20.8 Å². The largest absolute Gasteiger partial charge is 0.361 e. The maximum absolute atomic E-state index is 13.7. The van der Waals surface area contributed by atoms with Gasteiger partial charge in [0.15, 0.2) is 0 Å². The maximum atomic E-state index is 13.7. The zero-order valence-electron chi connectivity index (χ0n) is 20.5. The first kappa shape index (κ1) is 24.4. The zero-order valence-corrected chi connectivity index (χ0v) is 20.5. The number of aromatic amines is 1. The first-order valence-corrected chi connectivity index (χ1v) is 12.2. The number of benzene rings is 1. The predicted molar refractivity (Wildman–Crippen MR) is 136 cm³/mol. The van der Waals surface area contributed by atoms with Crippen LogP contribution in [0, 0.1) is 18.8 Å². The van der Waals surface area contributed by atoms with Crippen molar-refractivity contribution in [3.8, 4) is 0 Å². The van der Waals surface area contributed by atoms with Gasteiger partial charge >= 0.3 is 0 Å². The highest BCUT2D eigenvalue weighted by molar-refractivity contribution is 5.94. The quantitative estimate of drug-likeness (QED) is 0.487. The lowest BCUT2D eigenvalue weighted by Gasteiger charge is -2.34. The number of carbonyl (C=O) groups excluding carboxylic acids is 3. The van der Waals surface area contributed by atoms with Gasteiger partial charge in [0.1, 0.15) is 11.9 Å². The molecule has 0 saturated carbocycles. The standard InChI is InChI=1S/C27H33N5O3/c1-17(2)25(33)30-23(14-20-15-29-22-11-5-4-10-21(20)22)27(35)32-13-7-9-19(16-32)26(34)31-24-18(3)8-6-12-28-24/h4-6,8,10-12,15,17,19,23,29H,7,9,13-14,16H2,1-3H3,(H,30,33)(H,28,31,34). The molecular weight excluding hydrogens is 442 g/mol. The fourth-order valence-electron chi connectivity index (χ4n) is 4.51. The molecule has 3 N–H and O–H groups in total. The van der Waals surface area contributed by atoms with Crippen LogP contribution in [0.2, 0.25) is 0 Å². The third-order valence-electron chi connectivity index (χ3n) is 6.59. The van der Waals surface area contributed by atoms with E-state index in [-0.39, 0.29) is 29.6 Å². The summed E-state index contributed by atoms with van der Waals surface area (Å²) in [6.45, 7) is 6.39. The number of H-pyrrole nitrogens is 1. The number of nitrogens with zero attached hydrogens (tertiary/aromatic N) is 2. The second-order valence-electron chi connectivity index (χ2n) is 9.56. The Bertz CT molecular complexity index is 1220. The van der Waals surface area contributed by atoms with Gasteiger partial charge in [-0.2, -0.15) is 0 Å². The number of aryl methyl sites for hydroxylation is 1. The van der Waals surface area contributed by atoms with Gasteiger partial charge < -0.3 is 20.5 Å². The summed E-state index contributed by atoms with van der Waals surface area (Å²) in [6.07, 6.45) is 5.35. The Morgan fingerprint density at radius 2 is 1.97 bits per heavy atom. The highest BCUT2D eigenvalue weighted by Crippen LogP contribution is 2.23. The number of piperidine rings is 1. The summed E-state index contributed by atoms with van der Waals surface area (Å²) in [4.78, 5) is 48.4. The Morgan fingerprint density at radius 3 is 2.74 bits per heavy atom. The topological polar surface area (TPSA) is 107 Å². The molecule has 2 atom stereocenters. The molecule has 3 aromatic rings. The molecule has 1 saturated heterocycles. The van der Waals surface area contributed by atoms with Crippen LogP contribution >= 0.6 is 0 Å². The van der Waals surface area contributed by atoms with Gasteiger partial charge in [-0.05, 0) is 43.0 Å². The number of pyridine rings is 1. The van der Waals surface area contributed by atoms with E-state index in [1.165, 1.54) is 0 Å². The molecule has 35 heavy (non-hydrogen) atoms. The normalized spacial score (nSPS) is 16.8. The third kappa shape index (κ3) is 5.70. The summed E-state index contributed by atoms with van der Waals surface area (Å²) in [5, 5.41) is 6.90. The first-order valence-electron chi connectivity index (χ1n) is 12.2. The molecule has 1 aromatic carbocycles. The molecule has 1 fully saturated rings. The molecule has 0 aliphatic carbocycles. The van der Waals surface area contributed by atoms with Crippen molar-refractivity contribution in [2.24, 2.45) is 11.8 Å². The molecule has 3 heterocycles. The van der Waals surface area contributed by atoms with E-state index in [1.807, 2.05) is 63.4 Å². The second-order valence-corrected chi connectivity index (χ2v) is 9.56. The molecule has 1 aliphatic heterocycles. The molecule has 4 rings (SSSR count). The molecule has 2 aromatic heterocycles. The van der Waals surface area contributed by atoms with Crippen molar-refractivity contribution in [3.63, 3.8) is 0 Å². The Kier molecular flexibility index (Phi) is 7.48. The van der Waals surface area contributed by atoms with Gasteiger partial charge in [-0.1, -0.05) is 38.1 Å². The van der Waals surface area contributed by atoms with E-state index in [2.05, 4.69) is 20.6 Å². The Labute approximate surface area is 205 Å². The monoisotopic (exact) mass is 475 g/mol. The average Bonchev–Trinajstić information content (AvgIpc) is 3.27. The molecule has 184 valence electrons. The van der Waals surface area contributed by atoms with Crippen molar-refractivity contribution in [1.29, 1.82) is 0 Å². The number of carbonyl (C=O) groups is 3. The number of anilines is 1.